The molecule has 3 heterocycles. The minimum Gasteiger partial charge on any atom is -0.487 e. The molecule has 0 spiro atoms. The number of anilines is 1. The van der Waals surface area contributed by atoms with Gasteiger partial charge in [-0.15, -0.1) is 0 Å². The van der Waals surface area contributed by atoms with Gasteiger partial charge in [-0.2, -0.15) is 0 Å². The fourth-order valence-electron chi connectivity index (χ4n) is 4.41. The first-order valence-corrected chi connectivity index (χ1v) is 12.0. The van der Waals surface area contributed by atoms with E-state index in [9.17, 15) is 8.78 Å². The summed E-state index contributed by atoms with van der Waals surface area (Å²) in [5.41, 5.74) is 4.33. The van der Waals surface area contributed by atoms with Gasteiger partial charge < -0.3 is 14.6 Å². The van der Waals surface area contributed by atoms with E-state index in [2.05, 4.69) is 26.8 Å². The molecule has 7 heteroatoms. The fourth-order valence-corrected chi connectivity index (χ4v) is 4.41. The molecule has 2 aromatic carbocycles. The van der Waals surface area contributed by atoms with Crippen LogP contribution in [-0.2, 0) is 6.42 Å². The summed E-state index contributed by atoms with van der Waals surface area (Å²) < 4.78 is 35.2. The van der Waals surface area contributed by atoms with E-state index in [4.69, 9.17) is 4.74 Å². The molecule has 0 amide bonds. The van der Waals surface area contributed by atoms with Gasteiger partial charge >= 0.3 is 0 Å². The van der Waals surface area contributed by atoms with Crippen LogP contribution < -0.4 is 9.64 Å². The largest absolute Gasteiger partial charge is 0.487 e. The lowest BCUT2D eigenvalue weighted by Crippen LogP contribution is -2.36. The van der Waals surface area contributed by atoms with E-state index in [1.165, 1.54) is 12.1 Å². The summed E-state index contributed by atoms with van der Waals surface area (Å²) in [6.45, 7) is 3.94. The normalized spacial score (nSPS) is 14.3. The summed E-state index contributed by atoms with van der Waals surface area (Å²) >= 11 is 0. The zero-order valence-electron chi connectivity index (χ0n) is 19.7. The van der Waals surface area contributed by atoms with Gasteiger partial charge in [0.15, 0.2) is 17.4 Å². The maximum absolute atomic E-state index is 14.8. The Kier molecular flexibility index (Phi) is 6.75. The number of piperidine rings is 1. The van der Waals surface area contributed by atoms with Crippen LogP contribution in [0.1, 0.15) is 25.3 Å². The van der Waals surface area contributed by atoms with Crippen molar-refractivity contribution in [1.29, 1.82) is 0 Å². The number of nitrogens with one attached hydrogen (secondary N) is 1. The SMILES string of the molecule is CCc1cnc(N2CCC(COc3c(F)cc(-c4ccc(-c5ccc[nH]5)cc4)cc3F)CC2)nc1. The molecule has 0 radical (unpaired) electrons. The second-order valence-corrected chi connectivity index (χ2v) is 8.92. The number of halogens is 2. The molecular formula is C28H28F2N4O. The number of aromatic amines is 1. The van der Waals surface area contributed by atoms with Gasteiger partial charge in [0.25, 0.3) is 0 Å². The van der Waals surface area contributed by atoms with Crippen LogP contribution in [-0.4, -0.2) is 34.6 Å². The molecule has 1 N–H and O–H groups in total. The number of hydrogen-bond donors (Lipinski definition) is 1. The monoisotopic (exact) mass is 474 g/mol. The van der Waals surface area contributed by atoms with Crippen LogP contribution in [0.2, 0.25) is 0 Å². The van der Waals surface area contributed by atoms with Crippen LogP contribution in [0.3, 0.4) is 0 Å². The van der Waals surface area contributed by atoms with E-state index in [-0.39, 0.29) is 18.3 Å². The van der Waals surface area contributed by atoms with Gasteiger partial charge in [0.05, 0.1) is 6.61 Å². The predicted molar refractivity (Wildman–Crippen MR) is 133 cm³/mol. The average Bonchev–Trinajstić information content (AvgIpc) is 3.44. The highest BCUT2D eigenvalue weighted by Crippen LogP contribution is 2.31. The molecule has 0 bridgehead atoms. The number of aromatic nitrogens is 3. The molecule has 180 valence electrons. The van der Waals surface area contributed by atoms with Crippen molar-refractivity contribution < 1.29 is 13.5 Å². The lowest BCUT2D eigenvalue weighted by molar-refractivity contribution is 0.207. The first-order chi connectivity index (χ1) is 17.1. The van der Waals surface area contributed by atoms with Crippen molar-refractivity contribution in [2.45, 2.75) is 26.2 Å². The van der Waals surface area contributed by atoms with Gasteiger partial charge in [-0.3, -0.25) is 0 Å². The Hall–Kier alpha value is -3.74. The third-order valence-electron chi connectivity index (χ3n) is 6.59. The van der Waals surface area contributed by atoms with E-state index in [0.29, 0.717) is 5.56 Å². The second-order valence-electron chi connectivity index (χ2n) is 8.92. The third kappa shape index (κ3) is 5.19. The van der Waals surface area contributed by atoms with Gasteiger partial charge in [-0.1, -0.05) is 31.2 Å². The lowest BCUT2D eigenvalue weighted by atomic mass is 9.98. The summed E-state index contributed by atoms with van der Waals surface area (Å²) in [6.07, 6.45) is 8.20. The average molecular weight is 475 g/mol. The maximum Gasteiger partial charge on any atom is 0.225 e. The second kappa shape index (κ2) is 10.3. The highest BCUT2D eigenvalue weighted by Gasteiger charge is 2.23. The fraction of sp³-hybridized carbons (Fsp3) is 0.286. The molecule has 5 nitrogen and oxygen atoms in total. The van der Waals surface area contributed by atoms with Crippen LogP contribution in [0.15, 0.2) is 67.1 Å². The van der Waals surface area contributed by atoms with E-state index in [1.54, 1.807) is 0 Å². The Morgan fingerprint density at radius 2 is 1.60 bits per heavy atom. The Morgan fingerprint density at radius 3 is 2.20 bits per heavy atom. The first-order valence-electron chi connectivity index (χ1n) is 12.0. The quantitative estimate of drug-likeness (QED) is 0.343. The van der Waals surface area contributed by atoms with Gasteiger partial charge in [0, 0.05) is 37.4 Å². The highest BCUT2D eigenvalue weighted by molar-refractivity contribution is 5.69. The van der Waals surface area contributed by atoms with Crippen molar-refractivity contribution in [3.8, 4) is 28.1 Å². The van der Waals surface area contributed by atoms with Gasteiger partial charge in [0.2, 0.25) is 5.95 Å². The van der Waals surface area contributed by atoms with Gasteiger partial charge in [0.1, 0.15) is 0 Å². The van der Waals surface area contributed by atoms with Crippen LogP contribution in [0, 0.1) is 17.6 Å². The summed E-state index contributed by atoms with van der Waals surface area (Å²) in [4.78, 5) is 14.2. The minimum absolute atomic E-state index is 0.222. The Morgan fingerprint density at radius 1 is 0.943 bits per heavy atom. The van der Waals surface area contributed by atoms with Crippen molar-refractivity contribution in [3.05, 3.63) is 84.3 Å². The number of nitrogens with zero attached hydrogens (tertiary/aromatic N) is 3. The standard InChI is InChI=1S/C28H28F2N4O/c1-2-19-16-32-28(33-17-19)34-12-9-20(10-13-34)18-35-27-24(29)14-23(15-25(27)30)21-5-7-22(8-6-21)26-4-3-11-31-26/h3-8,11,14-17,20,31H,2,9-10,12-13,18H2,1H3. The van der Waals surface area contributed by atoms with Crippen molar-refractivity contribution in [1.82, 2.24) is 15.0 Å². The number of ether oxygens (including phenoxy) is 1. The molecule has 1 fully saturated rings. The number of benzene rings is 2. The molecule has 1 aliphatic heterocycles. The molecule has 35 heavy (non-hydrogen) atoms. The van der Waals surface area contributed by atoms with Crippen molar-refractivity contribution >= 4 is 5.95 Å². The van der Waals surface area contributed by atoms with Gasteiger partial charge in [-0.25, -0.2) is 18.7 Å². The van der Waals surface area contributed by atoms with Crippen LogP contribution in [0.25, 0.3) is 22.4 Å². The van der Waals surface area contributed by atoms with Crippen molar-refractivity contribution in [3.63, 3.8) is 0 Å². The van der Waals surface area contributed by atoms with E-state index in [0.717, 1.165) is 60.7 Å². The minimum atomic E-state index is -0.685. The molecule has 0 saturated carbocycles. The number of H-pyrrole nitrogens is 1. The maximum atomic E-state index is 14.8. The summed E-state index contributed by atoms with van der Waals surface area (Å²) in [6, 6.07) is 14.1. The highest BCUT2D eigenvalue weighted by atomic mass is 19.1. The third-order valence-corrected chi connectivity index (χ3v) is 6.59. The molecule has 4 aromatic rings. The van der Waals surface area contributed by atoms with Crippen LogP contribution in [0.4, 0.5) is 14.7 Å². The first kappa shape index (κ1) is 23.0. The van der Waals surface area contributed by atoms with E-state index >= 15 is 0 Å². The van der Waals surface area contributed by atoms with Gasteiger partial charge in [-0.05, 0) is 71.7 Å². The van der Waals surface area contributed by atoms with E-state index < -0.39 is 11.6 Å². The summed E-state index contributed by atoms with van der Waals surface area (Å²) in [7, 11) is 0. The molecule has 0 unspecified atom stereocenters. The van der Waals surface area contributed by atoms with Crippen molar-refractivity contribution in [2.24, 2.45) is 5.92 Å². The number of hydrogen-bond acceptors (Lipinski definition) is 4. The van der Waals surface area contributed by atoms with Crippen LogP contribution >= 0.6 is 0 Å². The molecule has 2 aromatic heterocycles. The smallest absolute Gasteiger partial charge is 0.225 e. The predicted octanol–water partition coefficient (Wildman–Crippen LogP) is 6.27. The van der Waals surface area contributed by atoms with Crippen LogP contribution in [0.5, 0.6) is 5.75 Å². The lowest BCUT2D eigenvalue weighted by Gasteiger charge is -2.31. The Bertz CT molecular complexity index is 1230. The molecule has 0 atom stereocenters. The molecule has 5 rings (SSSR count). The Balaban J connectivity index is 1.19. The van der Waals surface area contributed by atoms with E-state index in [1.807, 2.05) is 55.0 Å². The topological polar surface area (TPSA) is 54.0 Å². The van der Waals surface area contributed by atoms with Crippen molar-refractivity contribution in [2.75, 3.05) is 24.6 Å². The molecular weight excluding hydrogens is 446 g/mol. The summed E-state index contributed by atoms with van der Waals surface area (Å²) in [5, 5.41) is 0. The zero-order chi connectivity index (χ0) is 24.2. The molecule has 1 saturated heterocycles. The number of rotatable bonds is 7. The zero-order valence-corrected chi connectivity index (χ0v) is 19.7. The molecule has 0 aliphatic carbocycles. The molecule has 1 aliphatic rings. The number of aryl methyl sites for hydroxylation is 1. The Labute approximate surface area is 203 Å². The summed E-state index contributed by atoms with van der Waals surface area (Å²) in [5.74, 6) is -0.724.